The summed E-state index contributed by atoms with van der Waals surface area (Å²) in [6.45, 7) is 0. The minimum atomic E-state index is -0.151. The third-order valence-corrected chi connectivity index (χ3v) is 2.94. The maximum absolute atomic E-state index is 12.2. The molecule has 5 nitrogen and oxygen atoms in total. The monoisotopic (exact) mass is 272 g/mol. The van der Waals surface area contributed by atoms with Gasteiger partial charge < -0.3 is 9.47 Å². The van der Waals surface area contributed by atoms with Crippen LogP contribution in [0.4, 0.5) is 0 Å². The Hall–Kier alpha value is -2.56. The Labute approximate surface area is 117 Å². The summed E-state index contributed by atoms with van der Waals surface area (Å²) < 4.78 is 12.0. The summed E-state index contributed by atoms with van der Waals surface area (Å²) in [7, 11) is 4.90. The number of ether oxygens (including phenoxy) is 2. The first-order chi connectivity index (χ1) is 9.65. The van der Waals surface area contributed by atoms with Crippen molar-refractivity contribution in [2.75, 3.05) is 14.2 Å². The molecule has 0 spiro atoms. The topological polar surface area (TPSA) is 53.4 Å². The fraction of sp³-hybridized carbons (Fsp3) is 0.200. The molecule has 0 saturated carbocycles. The number of methoxy groups -OCH3 is 2. The van der Waals surface area contributed by atoms with Gasteiger partial charge in [0.2, 0.25) is 0 Å². The fourth-order valence-electron chi connectivity index (χ4n) is 1.81. The van der Waals surface area contributed by atoms with Gasteiger partial charge >= 0.3 is 0 Å². The van der Waals surface area contributed by atoms with E-state index in [9.17, 15) is 4.79 Å². The van der Waals surface area contributed by atoms with Gasteiger partial charge in [0.05, 0.1) is 25.5 Å². The lowest BCUT2D eigenvalue weighted by Gasteiger charge is -2.07. The number of hydrogen-bond donors (Lipinski definition) is 0. The minimum Gasteiger partial charge on any atom is -0.497 e. The van der Waals surface area contributed by atoms with Gasteiger partial charge in [0, 0.05) is 13.2 Å². The first kappa shape index (κ1) is 13.9. The first-order valence-corrected chi connectivity index (χ1v) is 6.08. The average Bonchev–Trinajstić information content (AvgIpc) is 2.89. The van der Waals surface area contributed by atoms with E-state index in [-0.39, 0.29) is 5.78 Å². The third kappa shape index (κ3) is 2.88. The Morgan fingerprint density at radius 1 is 1.25 bits per heavy atom. The highest BCUT2D eigenvalue weighted by atomic mass is 16.5. The lowest BCUT2D eigenvalue weighted by atomic mass is 10.1. The van der Waals surface area contributed by atoms with Crippen LogP contribution in [-0.2, 0) is 7.05 Å². The Morgan fingerprint density at radius 2 is 2.05 bits per heavy atom. The van der Waals surface area contributed by atoms with E-state index < -0.39 is 0 Å². The number of ketones is 1. The van der Waals surface area contributed by atoms with Gasteiger partial charge in [0.1, 0.15) is 11.5 Å². The molecule has 5 heteroatoms. The highest BCUT2D eigenvalue weighted by Crippen LogP contribution is 2.24. The molecular formula is C15H16N2O3. The number of nitrogens with zero attached hydrogens (tertiary/aromatic N) is 2. The number of hydrogen-bond acceptors (Lipinski definition) is 4. The number of allylic oxidation sites excluding steroid dienone is 1. The second-order valence-corrected chi connectivity index (χ2v) is 4.14. The van der Waals surface area contributed by atoms with Crippen LogP contribution in [0.2, 0.25) is 0 Å². The van der Waals surface area contributed by atoms with Gasteiger partial charge in [-0.05, 0) is 36.4 Å². The molecule has 2 aromatic rings. The smallest absolute Gasteiger partial charge is 0.189 e. The van der Waals surface area contributed by atoms with E-state index in [1.54, 1.807) is 42.3 Å². The summed E-state index contributed by atoms with van der Waals surface area (Å²) in [6.07, 6.45) is 4.89. The van der Waals surface area contributed by atoms with Crippen LogP contribution in [0.15, 0.2) is 36.5 Å². The van der Waals surface area contributed by atoms with Crippen molar-refractivity contribution in [2.24, 2.45) is 7.05 Å². The van der Waals surface area contributed by atoms with Crippen molar-refractivity contribution in [1.82, 2.24) is 9.78 Å². The van der Waals surface area contributed by atoms with Crippen molar-refractivity contribution in [3.63, 3.8) is 0 Å². The highest BCUT2D eigenvalue weighted by Gasteiger charge is 2.11. The van der Waals surface area contributed by atoms with Crippen molar-refractivity contribution in [2.45, 2.75) is 0 Å². The molecule has 1 heterocycles. The van der Waals surface area contributed by atoms with Gasteiger partial charge in [0.25, 0.3) is 0 Å². The summed E-state index contributed by atoms with van der Waals surface area (Å²) in [6, 6.07) is 6.95. The maximum atomic E-state index is 12.2. The normalized spacial score (nSPS) is 10.8. The molecule has 0 saturated heterocycles. The molecule has 0 unspecified atom stereocenters. The van der Waals surface area contributed by atoms with Gasteiger partial charge in [-0.2, -0.15) is 5.10 Å². The second kappa shape index (κ2) is 6.06. The number of carbonyl (C=O) groups excluding carboxylic acids is 1. The number of benzene rings is 1. The summed E-state index contributed by atoms with van der Waals surface area (Å²) in [5.41, 5.74) is 1.31. The van der Waals surface area contributed by atoms with Gasteiger partial charge in [0.15, 0.2) is 5.78 Å². The molecule has 0 bridgehead atoms. The van der Waals surface area contributed by atoms with Crippen LogP contribution in [0.25, 0.3) is 6.08 Å². The van der Waals surface area contributed by atoms with Crippen LogP contribution in [0.5, 0.6) is 11.5 Å². The van der Waals surface area contributed by atoms with Crippen LogP contribution >= 0.6 is 0 Å². The van der Waals surface area contributed by atoms with Crippen LogP contribution in [0.1, 0.15) is 16.1 Å². The molecule has 0 N–H and O–H groups in total. The van der Waals surface area contributed by atoms with Crippen LogP contribution in [-0.4, -0.2) is 29.8 Å². The zero-order chi connectivity index (χ0) is 14.5. The Balaban J connectivity index is 2.28. The summed E-state index contributed by atoms with van der Waals surface area (Å²) >= 11 is 0. The number of aryl methyl sites for hydroxylation is 1. The van der Waals surface area contributed by atoms with Crippen LogP contribution in [0, 0.1) is 0 Å². The standard InChI is InChI=1S/C15H16N2O3/c1-17-11(8-9-16-17)4-6-14(18)13-10-12(19-2)5-7-15(13)20-3/h4-10H,1-3H3/b6-4-. The molecule has 1 aromatic carbocycles. The van der Waals surface area contributed by atoms with E-state index in [0.29, 0.717) is 17.1 Å². The maximum Gasteiger partial charge on any atom is 0.189 e. The van der Waals surface area contributed by atoms with Gasteiger partial charge in [-0.3, -0.25) is 9.48 Å². The third-order valence-electron chi connectivity index (χ3n) is 2.94. The van der Waals surface area contributed by atoms with E-state index in [1.165, 1.54) is 13.2 Å². The predicted molar refractivity (Wildman–Crippen MR) is 76.1 cm³/mol. The van der Waals surface area contributed by atoms with Crippen molar-refractivity contribution in [3.8, 4) is 11.5 Å². The first-order valence-electron chi connectivity index (χ1n) is 6.08. The molecule has 0 amide bonds. The SMILES string of the molecule is COc1ccc(OC)c(C(=O)/C=C\c2ccnn2C)c1. The molecule has 1 aromatic heterocycles. The van der Waals surface area contributed by atoms with Crippen LogP contribution < -0.4 is 9.47 Å². The van der Waals surface area contributed by atoms with Gasteiger partial charge in [-0.25, -0.2) is 0 Å². The van der Waals surface area contributed by atoms with E-state index in [1.807, 2.05) is 13.1 Å². The largest absolute Gasteiger partial charge is 0.497 e. The van der Waals surface area contributed by atoms with Crippen molar-refractivity contribution in [1.29, 1.82) is 0 Å². The van der Waals surface area contributed by atoms with E-state index in [0.717, 1.165) is 5.69 Å². The predicted octanol–water partition coefficient (Wildman–Crippen LogP) is 2.33. The highest BCUT2D eigenvalue weighted by molar-refractivity contribution is 6.08. The molecular weight excluding hydrogens is 256 g/mol. The molecule has 20 heavy (non-hydrogen) atoms. The summed E-state index contributed by atoms with van der Waals surface area (Å²) in [5.74, 6) is 0.982. The molecule has 0 aliphatic carbocycles. The zero-order valence-electron chi connectivity index (χ0n) is 11.7. The number of aromatic nitrogens is 2. The Kier molecular flexibility index (Phi) is 4.20. The quantitative estimate of drug-likeness (QED) is 0.619. The zero-order valence-corrected chi connectivity index (χ0v) is 11.7. The van der Waals surface area contributed by atoms with E-state index in [2.05, 4.69) is 5.10 Å². The summed E-state index contributed by atoms with van der Waals surface area (Å²) in [4.78, 5) is 12.2. The van der Waals surface area contributed by atoms with Crippen molar-refractivity contribution in [3.05, 3.63) is 47.8 Å². The molecule has 0 aliphatic heterocycles. The van der Waals surface area contributed by atoms with E-state index >= 15 is 0 Å². The molecule has 0 aliphatic rings. The lowest BCUT2D eigenvalue weighted by Crippen LogP contribution is -2.00. The number of carbonyl (C=O) groups is 1. The average molecular weight is 272 g/mol. The number of rotatable bonds is 5. The summed E-state index contributed by atoms with van der Waals surface area (Å²) in [5, 5.41) is 4.04. The minimum absolute atomic E-state index is 0.151. The Morgan fingerprint density at radius 3 is 2.65 bits per heavy atom. The molecule has 0 radical (unpaired) electrons. The molecule has 0 atom stereocenters. The second-order valence-electron chi connectivity index (χ2n) is 4.14. The van der Waals surface area contributed by atoms with Crippen molar-refractivity contribution >= 4 is 11.9 Å². The molecule has 0 fully saturated rings. The molecule has 2 rings (SSSR count). The van der Waals surface area contributed by atoms with Gasteiger partial charge in [-0.15, -0.1) is 0 Å². The fourth-order valence-corrected chi connectivity index (χ4v) is 1.81. The lowest BCUT2D eigenvalue weighted by molar-refractivity contribution is 0.104. The molecule has 104 valence electrons. The van der Waals surface area contributed by atoms with E-state index in [4.69, 9.17) is 9.47 Å². The van der Waals surface area contributed by atoms with Crippen molar-refractivity contribution < 1.29 is 14.3 Å². The van der Waals surface area contributed by atoms with Gasteiger partial charge in [-0.1, -0.05) is 0 Å². The van der Waals surface area contributed by atoms with Crippen LogP contribution in [0.3, 0.4) is 0 Å². The Bertz CT molecular complexity index is 644.